The lowest BCUT2D eigenvalue weighted by molar-refractivity contribution is 0.357. The van der Waals surface area contributed by atoms with E-state index in [0.29, 0.717) is 5.75 Å². The lowest BCUT2D eigenvalue weighted by Gasteiger charge is -2.26. The number of methoxy groups -OCH3 is 2. The molecule has 1 saturated carbocycles. The number of benzene rings is 1. The van der Waals surface area contributed by atoms with Gasteiger partial charge in [0.2, 0.25) is 0 Å². The summed E-state index contributed by atoms with van der Waals surface area (Å²) >= 11 is 0. The van der Waals surface area contributed by atoms with Crippen LogP contribution in [0.15, 0.2) is 12.1 Å². The van der Waals surface area contributed by atoms with E-state index in [0.717, 1.165) is 31.2 Å². The number of rotatable bonds is 3. The van der Waals surface area contributed by atoms with Gasteiger partial charge in [0.05, 0.1) is 14.2 Å². The van der Waals surface area contributed by atoms with E-state index in [2.05, 4.69) is 0 Å². The zero-order valence-electron chi connectivity index (χ0n) is 10.3. The highest BCUT2D eigenvalue weighted by atomic mass is 19.1. The molecular formula is C13H18FNO2. The molecule has 1 aliphatic rings. The van der Waals surface area contributed by atoms with Crippen LogP contribution in [0.5, 0.6) is 11.5 Å². The summed E-state index contributed by atoms with van der Waals surface area (Å²) < 4.78 is 23.8. The van der Waals surface area contributed by atoms with Crippen molar-refractivity contribution < 1.29 is 13.9 Å². The molecule has 2 rings (SSSR count). The van der Waals surface area contributed by atoms with Gasteiger partial charge in [-0.3, -0.25) is 0 Å². The molecule has 1 aliphatic carbocycles. The van der Waals surface area contributed by atoms with Crippen LogP contribution in [0.3, 0.4) is 0 Å². The van der Waals surface area contributed by atoms with Gasteiger partial charge in [-0.2, -0.15) is 0 Å². The van der Waals surface area contributed by atoms with E-state index in [1.54, 1.807) is 6.07 Å². The highest BCUT2D eigenvalue weighted by molar-refractivity contribution is 5.45. The van der Waals surface area contributed by atoms with Gasteiger partial charge in [-0.15, -0.1) is 0 Å². The Morgan fingerprint density at radius 3 is 2.24 bits per heavy atom. The minimum atomic E-state index is -0.422. The summed E-state index contributed by atoms with van der Waals surface area (Å²) in [4.78, 5) is 0. The average molecular weight is 239 g/mol. The molecule has 0 aromatic heterocycles. The minimum Gasteiger partial charge on any atom is -0.496 e. The fourth-order valence-electron chi connectivity index (χ4n) is 2.52. The van der Waals surface area contributed by atoms with Crippen molar-refractivity contribution in [3.63, 3.8) is 0 Å². The van der Waals surface area contributed by atoms with Gasteiger partial charge in [0, 0.05) is 17.2 Å². The SMILES string of the molecule is COc1cc(C2(N)CCCC2)c(OC)cc1F. The molecule has 0 atom stereocenters. The molecule has 0 amide bonds. The van der Waals surface area contributed by atoms with Crippen molar-refractivity contribution in [1.82, 2.24) is 0 Å². The Labute approximate surface area is 101 Å². The van der Waals surface area contributed by atoms with Gasteiger partial charge < -0.3 is 15.2 Å². The van der Waals surface area contributed by atoms with E-state index in [9.17, 15) is 4.39 Å². The summed E-state index contributed by atoms with van der Waals surface area (Å²) in [7, 11) is 2.98. The van der Waals surface area contributed by atoms with Gasteiger partial charge in [0.1, 0.15) is 5.75 Å². The van der Waals surface area contributed by atoms with Gasteiger partial charge in [-0.05, 0) is 18.9 Å². The van der Waals surface area contributed by atoms with Crippen LogP contribution >= 0.6 is 0 Å². The second-order valence-corrected chi connectivity index (χ2v) is 4.55. The number of ether oxygens (including phenoxy) is 2. The minimum absolute atomic E-state index is 0.220. The summed E-state index contributed by atoms with van der Waals surface area (Å²) in [6.07, 6.45) is 4.00. The zero-order valence-corrected chi connectivity index (χ0v) is 10.3. The maximum absolute atomic E-state index is 13.6. The molecule has 0 bridgehead atoms. The van der Waals surface area contributed by atoms with Crippen LogP contribution in [0.4, 0.5) is 4.39 Å². The van der Waals surface area contributed by atoms with Crippen LogP contribution in [0.25, 0.3) is 0 Å². The third-order valence-electron chi connectivity index (χ3n) is 3.51. The highest BCUT2D eigenvalue weighted by Gasteiger charge is 2.34. The third kappa shape index (κ3) is 2.09. The molecule has 1 fully saturated rings. The normalized spacial score (nSPS) is 18.1. The fourth-order valence-corrected chi connectivity index (χ4v) is 2.52. The highest BCUT2D eigenvalue weighted by Crippen LogP contribution is 2.42. The van der Waals surface area contributed by atoms with Crippen LogP contribution in [-0.4, -0.2) is 14.2 Å². The molecule has 0 heterocycles. The first kappa shape index (κ1) is 12.2. The van der Waals surface area contributed by atoms with Crippen molar-refractivity contribution >= 4 is 0 Å². The van der Waals surface area contributed by atoms with Crippen LogP contribution in [0, 0.1) is 5.82 Å². The summed E-state index contributed by atoms with van der Waals surface area (Å²) in [6, 6.07) is 3.01. The first-order valence-corrected chi connectivity index (χ1v) is 5.81. The van der Waals surface area contributed by atoms with Crippen molar-refractivity contribution in [2.24, 2.45) is 5.73 Å². The molecule has 94 valence electrons. The Morgan fingerprint density at radius 1 is 1.12 bits per heavy atom. The Hall–Kier alpha value is -1.29. The summed E-state index contributed by atoms with van der Waals surface area (Å²) in [5.74, 6) is 0.305. The molecule has 17 heavy (non-hydrogen) atoms. The van der Waals surface area contributed by atoms with Crippen molar-refractivity contribution in [3.8, 4) is 11.5 Å². The second-order valence-electron chi connectivity index (χ2n) is 4.55. The molecule has 0 unspecified atom stereocenters. The lowest BCUT2D eigenvalue weighted by atomic mass is 9.88. The number of hydrogen-bond donors (Lipinski definition) is 1. The van der Waals surface area contributed by atoms with Gasteiger partial charge in [0.25, 0.3) is 0 Å². The largest absolute Gasteiger partial charge is 0.496 e. The predicted octanol–water partition coefficient (Wildman–Crippen LogP) is 2.57. The monoisotopic (exact) mass is 239 g/mol. The number of hydrogen-bond acceptors (Lipinski definition) is 3. The maximum Gasteiger partial charge on any atom is 0.168 e. The van der Waals surface area contributed by atoms with Crippen molar-refractivity contribution in [2.45, 2.75) is 31.2 Å². The van der Waals surface area contributed by atoms with Gasteiger partial charge in [0.15, 0.2) is 11.6 Å². The van der Waals surface area contributed by atoms with Gasteiger partial charge in [-0.25, -0.2) is 4.39 Å². The van der Waals surface area contributed by atoms with Crippen LogP contribution < -0.4 is 15.2 Å². The molecule has 4 heteroatoms. The predicted molar refractivity (Wildman–Crippen MR) is 63.8 cm³/mol. The standard InChI is InChI=1S/C13H18FNO2/c1-16-11-8-10(14)12(17-2)7-9(11)13(15)5-3-4-6-13/h7-8H,3-6,15H2,1-2H3. The molecule has 0 spiro atoms. The second kappa shape index (κ2) is 4.53. The van der Waals surface area contributed by atoms with E-state index < -0.39 is 11.4 Å². The molecule has 0 radical (unpaired) electrons. The van der Waals surface area contributed by atoms with Crippen LogP contribution in [-0.2, 0) is 5.54 Å². The van der Waals surface area contributed by atoms with Crippen molar-refractivity contribution in [2.75, 3.05) is 14.2 Å². The quantitative estimate of drug-likeness (QED) is 0.881. The third-order valence-corrected chi connectivity index (χ3v) is 3.51. The van der Waals surface area contributed by atoms with Crippen molar-refractivity contribution in [1.29, 1.82) is 0 Å². The molecule has 3 nitrogen and oxygen atoms in total. The average Bonchev–Trinajstić information content (AvgIpc) is 2.76. The smallest absolute Gasteiger partial charge is 0.168 e. The summed E-state index contributed by atoms with van der Waals surface area (Å²) in [5, 5.41) is 0. The Bertz CT molecular complexity index is 414. The fraction of sp³-hybridized carbons (Fsp3) is 0.538. The Morgan fingerprint density at radius 2 is 1.71 bits per heavy atom. The van der Waals surface area contributed by atoms with Crippen molar-refractivity contribution in [3.05, 3.63) is 23.5 Å². The summed E-state index contributed by atoms with van der Waals surface area (Å²) in [5.41, 5.74) is 6.81. The molecule has 2 N–H and O–H groups in total. The number of nitrogens with two attached hydrogens (primary N) is 1. The zero-order chi connectivity index (χ0) is 12.5. The lowest BCUT2D eigenvalue weighted by Crippen LogP contribution is -2.33. The Kier molecular flexibility index (Phi) is 3.24. The van der Waals surface area contributed by atoms with Gasteiger partial charge in [-0.1, -0.05) is 12.8 Å². The van der Waals surface area contributed by atoms with E-state index in [1.165, 1.54) is 20.3 Å². The topological polar surface area (TPSA) is 44.5 Å². The van der Waals surface area contributed by atoms with Crippen LogP contribution in [0.2, 0.25) is 0 Å². The van der Waals surface area contributed by atoms with Gasteiger partial charge >= 0.3 is 0 Å². The van der Waals surface area contributed by atoms with E-state index in [1.807, 2.05) is 0 Å². The Balaban J connectivity index is 2.50. The van der Waals surface area contributed by atoms with E-state index in [-0.39, 0.29) is 5.75 Å². The van der Waals surface area contributed by atoms with E-state index >= 15 is 0 Å². The molecule has 1 aromatic carbocycles. The van der Waals surface area contributed by atoms with Crippen LogP contribution in [0.1, 0.15) is 31.2 Å². The van der Waals surface area contributed by atoms with E-state index in [4.69, 9.17) is 15.2 Å². The molecule has 0 aliphatic heterocycles. The number of halogens is 1. The molecular weight excluding hydrogens is 221 g/mol. The molecule has 0 saturated heterocycles. The first-order chi connectivity index (χ1) is 8.10. The maximum atomic E-state index is 13.6. The summed E-state index contributed by atoms with van der Waals surface area (Å²) in [6.45, 7) is 0. The molecule has 1 aromatic rings. The first-order valence-electron chi connectivity index (χ1n) is 5.81.